The van der Waals surface area contributed by atoms with E-state index in [0.29, 0.717) is 5.57 Å². The normalized spacial score (nSPS) is 11.4. The molecule has 0 aromatic heterocycles. The van der Waals surface area contributed by atoms with Gasteiger partial charge in [0.2, 0.25) is 0 Å². The molecule has 0 fully saturated rings. The first kappa shape index (κ1) is 9.86. The molecule has 0 amide bonds. The van der Waals surface area contributed by atoms with E-state index in [-0.39, 0.29) is 0 Å². The molecule has 0 saturated heterocycles. The summed E-state index contributed by atoms with van der Waals surface area (Å²) in [5.74, 6) is -0.936. The van der Waals surface area contributed by atoms with Gasteiger partial charge in [0.05, 0.1) is 0 Å². The smallest absolute Gasteiger partial charge is 0.328 e. The number of hydrogen-bond donors (Lipinski definition) is 2. The maximum Gasteiger partial charge on any atom is 0.328 e. The Labute approximate surface area is 82.3 Å². The van der Waals surface area contributed by atoms with Gasteiger partial charge in [-0.1, -0.05) is 18.2 Å². The first-order chi connectivity index (χ1) is 6.11. The third kappa shape index (κ3) is 2.63. The molecule has 68 valence electrons. The second-order valence-electron chi connectivity index (χ2n) is 2.68. The molecule has 0 bridgehead atoms. The molecule has 0 radical (unpaired) electrons. The zero-order valence-electron chi connectivity index (χ0n) is 7.19. The fraction of sp³-hybridized carbons (Fsp3) is 0.100. The number of carboxylic acid groups (broad SMARTS) is 1. The van der Waals surface area contributed by atoms with Crippen LogP contribution in [-0.4, -0.2) is 11.1 Å². The quantitative estimate of drug-likeness (QED) is 0.560. The number of carbonyl (C=O) groups is 1. The van der Waals surface area contributed by atoms with E-state index in [1.165, 1.54) is 6.08 Å². The summed E-state index contributed by atoms with van der Waals surface area (Å²) >= 11 is 4.23. The highest BCUT2D eigenvalue weighted by atomic mass is 32.1. The Morgan fingerprint density at radius 1 is 1.46 bits per heavy atom. The minimum Gasteiger partial charge on any atom is -0.478 e. The van der Waals surface area contributed by atoms with Gasteiger partial charge in [-0.25, -0.2) is 4.79 Å². The van der Waals surface area contributed by atoms with Crippen molar-refractivity contribution in [3.05, 3.63) is 35.9 Å². The highest BCUT2D eigenvalue weighted by Gasteiger charge is 2.01. The summed E-state index contributed by atoms with van der Waals surface area (Å²) in [6, 6.07) is 7.39. The zero-order chi connectivity index (χ0) is 9.84. The third-order valence-corrected chi connectivity index (χ3v) is 2.06. The van der Waals surface area contributed by atoms with Crippen LogP contribution in [0.3, 0.4) is 0 Å². The van der Waals surface area contributed by atoms with Gasteiger partial charge in [0, 0.05) is 11.0 Å². The van der Waals surface area contributed by atoms with Gasteiger partial charge in [-0.15, -0.1) is 12.6 Å². The first-order valence-corrected chi connectivity index (χ1v) is 4.25. The summed E-state index contributed by atoms with van der Waals surface area (Å²) < 4.78 is 0. The molecule has 1 N–H and O–H groups in total. The maximum atomic E-state index is 10.4. The molecule has 1 aromatic carbocycles. The van der Waals surface area contributed by atoms with E-state index in [4.69, 9.17) is 5.11 Å². The Hall–Kier alpha value is -1.22. The second kappa shape index (κ2) is 4.14. The van der Waals surface area contributed by atoms with Gasteiger partial charge in [-0.05, 0) is 24.1 Å². The Kier molecular flexibility index (Phi) is 3.14. The van der Waals surface area contributed by atoms with Crippen LogP contribution >= 0.6 is 12.6 Å². The summed E-state index contributed by atoms with van der Waals surface area (Å²) in [5.41, 5.74) is 1.56. The van der Waals surface area contributed by atoms with Crippen molar-refractivity contribution in [2.45, 2.75) is 11.8 Å². The maximum absolute atomic E-state index is 10.4. The number of rotatable bonds is 2. The van der Waals surface area contributed by atoms with Crippen molar-refractivity contribution in [1.82, 2.24) is 0 Å². The zero-order valence-corrected chi connectivity index (χ0v) is 8.08. The van der Waals surface area contributed by atoms with Crippen molar-refractivity contribution >= 4 is 24.2 Å². The number of aliphatic carboxylic acids is 1. The largest absolute Gasteiger partial charge is 0.478 e. The summed E-state index contributed by atoms with van der Waals surface area (Å²) in [7, 11) is 0. The molecule has 0 aliphatic rings. The van der Waals surface area contributed by atoms with Crippen LogP contribution in [0.25, 0.3) is 5.57 Å². The minimum atomic E-state index is -0.936. The monoisotopic (exact) mass is 194 g/mol. The Morgan fingerprint density at radius 3 is 2.62 bits per heavy atom. The highest BCUT2D eigenvalue weighted by molar-refractivity contribution is 7.80. The van der Waals surface area contributed by atoms with Crippen LogP contribution in [-0.2, 0) is 4.79 Å². The average Bonchev–Trinajstić information content (AvgIpc) is 2.03. The number of benzene rings is 1. The lowest BCUT2D eigenvalue weighted by Crippen LogP contribution is -1.90. The molecule has 0 atom stereocenters. The third-order valence-electron chi connectivity index (χ3n) is 1.67. The fourth-order valence-corrected chi connectivity index (χ4v) is 1.41. The Bertz CT molecular complexity index is 356. The van der Waals surface area contributed by atoms with Crippen molar-refractivity contribution in [2.24, 2.45) is 0 Å². The Balaban J connectivity index is 3.08. The SMILES string of the molecule is C/C(=C/C(=O)O)c1ccccc1S. The highest BCUT2D eigenvalue weighted by Crippen LogP contribution is 2.21. The van der Waals surface area contributed by atoms with Crippen LogP contribution in [0.2, 0.25) is 0 Å². The van der Waals surface area contributed by atoms with Gasteiger partial charge in [0.25, 0.3) is 0 Å². The lowest BCUT2D eigenvalue weighted by molar-refractivity contribution is -0.131. The van der Waals surface area contributed by atoms with E-state index in [2.05, 4.69) is 12.6 Å². The predicted octanol–water partition coefficient (Wildman–Crippen LogP) is 2.46. The van der Waals surface area contributed by atoms with Gasteiger partial charge in [0.15, 0.2) is 0 Å². The van der Waals surface area contributed by atoms with Crippen LogP contribution in [0.4, 0.5) is 0 Å². The van der Waals surface area contributed by atoms with Crippen LogP contribution in [0, 0.1) is 0 Å². The van der Waals surface area contributed by atoms with Gasteiger partial charge in [-0.3, -0.25) is 0 Å². The van der Waals surface area contributed by atoms with Crippen LogP contribution in [0.5, 0.6) is 0 Å². The molecule has 2 nitrogen and oxygen atoms in total. The van der Waals surface area contributed by atoms with E-state index in [1.54, 1.807) is 6.92 Å². The van der Waals surface area contributed by atoms with E-state index < -0.39 is 5.97 Å². The summed E-state index contributed by atoms with van der Waals surface area (Å²) in [6.07, 6.45) is 1.18. The van der Waals surface area contributed by atoms with Gasteiger partial charge < -0.3 is 5.11 Å². The van der Waals surface area contributed by atoms with Gasteiger partial charge in [-0.2, -0.15) is 0 Å². The summed E-state index contributed by atoms with van der Waals surface area (Å²) in [6.45, 7) is 1.75. The van der Waals surface area contributed by atoms with Crippen molar-refractivity contribution in [3.8, 4) is 0 Å². The lowest BCUT2D eigenvalue weighted by atomic mass is 10.1. The number of hydrogen-bond acceptors (Lipinski definition) is 2. The molecule has 13 heavy (non-hydrogen) atoms. The van der Waals surface area contributed by atoms with E-state index in [0.717, 1.165) is 10.5 Å². The number of thiol groups is 1. The summed E-state index contributed by atoms with van der Waals surface area (Å²) in [5, 5.41) is 8.53. The van der Waals surface area contributed by atoms with E-state index in [1.807, 2.05) is 24.3 Å². The van der Waals surface area contributed by atoms with Crippen LogP contribution < -0.4 is 0 Å². The molecule has 0 unspecified atom stereocenters. The fourth-order valence-electron chi connectivity index (χ4n) is 1.07. The molecule has 3 heteroatoms. The molecule has 0 spiro atoms. The Morgan fingerprint density at radius 2 is 2.08 bits per heavy atom. The van der Waals surface area contributed by atoms with Gasteiger partial charge >= 0.3 is 5.97 Å². The average molecular weight is 194 g/mol. The molecule has 1 rings (SSSR count). The summed E-state index contributed by atoms with van der Waals surface area (Å²) in [4.78, 5) is 11.2. The molecule has 0 aliphatic heterocycles. The molecule has 0 saturated carbocycles. The predicted molar refractivity (Wildman–Crippen MR) is 55.0 cm³/mol. The molecule has 1 aromatic rings. The molecular weight excluding hydrogens is 184 g/mol. The molecular formula is C10H10O2S. The van der Waals surface area contributed by atoms with Crippen molar-refractivity contribution < 1.29 is 9.90 Å². The van der Waals surface area contributed by atoms with Crippen molar-refractivity contribution in [2.75, 3.05) is 0 Å². The van der Waals surface area contributed by atoms with Crippen molar-refractivity contribution in [3.63, 3.8) is 0 Å². The van der Waals surface area contributed by atoms with Crippen LogP contribution in [0.1, 0.15) is 12.5 Å². The second-order valence-corrected chi connectivity index (χ2v) is 3.16. The number of allylic oxidation sites excluding steroid dienone is 1. The van der Waals surface area contributed by atoms with Gasteiger partial charge in [0.1, 0.15) is 0 Å². The number of carboxylic acids is 1. The lowest BCUT2D eigenvalue weighted by Gasteiger charge is -2.03. The molecule has 0 aliphatic carbocycles. The van der Waals surface area contributed by atoms with Crippen molar-refractivity contribution in [1.29, 1.82) is 0 Å². The minimum absolute atomic E-state index is 0.707. The molecule has 0 heterocycles. The standard InChI is InChI=1S/C10H10O2S/c1-7(6-10(11)12)8-4-2-3-5-9(8)13/h2-6,13H,1H3,(H,11,12)/b7-6-. The van der Waals surface area contributed by atoms with E-state index in [9.17, 15) is 4.79 Å². The first-order valence-electron chi connectivity index (χ1n) is 3.81. The topological polar surface area (TPSA) is 37.3 Å². The van der Waals surface area contributed by atoms with E-state index >= 15 is 0 Å². The van der Waals surface area contributed by atoms with Crippen LogP contribution in [0.15, 0.2) is 35.2 Å².